The Morgan fingerprint density at radius 3 is 2.42 bits per heavy atom. The quantitative estimate of drug-likeness (QED) is 0.240. The second kappa shape index (κ2) is 11.2. The molecular formula is C30H24F6N4O5. The Morgan fingerprint density at radius 1 is 1.11 bits per heavy atom. The van der Waals surface area contributed by atoms with Crippen molar-refractivity contribution in [2.45, 2.75) is 37.7 Å². The smallest absolute Gasteiger partial charge is 0.424 e. The van der Waals surface area contributed by atoms with E-state index >= 15 is 0 Å². The number of nitrogens with one attached hydrogen (secondary N) is 1. The molecule has 1 aliphatic heterocycles. The summed E-state index contributed by atoms with van der Waals surface area (Å²) in [5.74, 6) is -3.34. The second-order valence-electron chi connectivity index (χ2n) is 10.6. The molecule has 0 fully saturated rings. The molecule has 2 aromatic carbocycles. The summed E-state index contributed by atoms with van der Waals surface area (Å²) in [6.07, 6.45) is -5.46. The summed E-state index contributed by atoms with van der Waals surface area (Å²) in [6.45, 7) is -2.20. The lowest BCUT2D eigenvalue weighted by molar-refractivity contribution is -0.265. The summed E-state index contributed by atoms with van der Waals surface area (Å²) in [7, 11) is 0. The van der Waals surface area contributed by atoms with Crippen LogP contribution in [0.15, 0.2) is 54.6 Å². The highest BCUT2D eigenvalue weighted by molar-refractivity contribution is 6.00. The monoisotopic (exact) mass is 634 g/mol. The number of nitrogens with two attached hydrogens (primary N) is 1. The van der Waals surface area contributed by atoms with Crippen LogP contribution in [0.4, 0.5) is 26.3 Å². The zero-order chi connectivity index (χ0) is 32.9. The standard InChI is InChI=1S/C30H24F6N4O5/c1-14-3-4-16-9-17(10-20(22(16)39-14)45-27(32)33)25(41)38-12-29(43,30(34,35)36)21-11-19-24(44-13-28(19,2)26(37)42)23(40-21)15-5-7-18(31)8-6-15/h3-11,27,43H,12-13H2,1-2H3,(H2,37,42)(H,38,41)/t28-,29?/m0/s1. The third kappa shape index (κ3) is 5.70. The number of hydrogen-bond donors (Lipinski definition) is 3. The van der Waals surface area contributed by atoms with E-state index in [4.69, 9.17) is 10.5 Å². The molecule has 45 heavy (non-hydrogen) atoms. The summed E-state index contributed by atoms with van der Waals surface area (Å²) >= 11 is 0. The molecule has 1 aliphatic rings. The lowest BCUT2D eigenvalue weighted by Gasteiger charge is -2.31. The van der Waals surface area contributed by atoms with Gasteiger partial charge in [0.05, 0.1) is 12.2 Å². The van der Waals surface area contributed by atoms with Gasteiger partial charge in [0.1, 0.15) is 34.8 Å². The van der Waals surface area contributed by atoms with E-state index in [0.29, 0.717) is 5.69 Å². The lowest BCUT2D eigenvalue weighted by Crippen LogP contribution is -2.51. The number of carbonyl (C=O) groups excluding carboxylic acids is 2. The Morgan fingerprint density at radius 2 is 1.80 bits per heavy atom. The maximum absolute atomic E-state index is 14.7. The van der Waals surface area contributed by atoms with Gasteiger partial charge in [0.2, 0.25) is 11.5 Å². The number of pyridine rings is 2. The first-order valence-corrected chi connectivity index (χ1v) is 13.2. The molecule has 1 unspecified atom stereocenters. The van der Waals surface area contributed by atoms with Gasteiger partial charge in [-0.15, -0.1) is 0 Å². The molecule has 5 rings (SSSR count). The van der Waals surface area contributed by atoms with Crippen LogP contribution in [0.25, 0.3) is 22.2 Å². The zero-order valence-corrected chi connectivity index (χ0v) is 23.5. The Kier molecular flexibility index (Phi) is 7.85. The molecule has 4 N–H and O–H groups in total. The molecule has 3 heterocycles. The van der Waals surface area contributed by atoms with Crippen LogP contribution < -0.4 is 20.5 Å². The van der Waals surface area contributed by atoms with Crippen molar-refractivity contribution in [3.8, 4) is 22.8 Å². The Bertz CT molecular complexity index is 1820. The molecule has 0 spiro atoms. The highest BCUT2D eigenvalue weighted by Crippen LogP contribution is 2.47. The fourth-order valence-corrected chi connectivity index (χ4v) is 4.87. The lowest BCUT2D eigenvalue weighted by atomic mass is 9.81. The summed E-state index contributed by atoms with van der Waals surface area (Å²) in [4.78, 5) is 33.6. The number of rotatable bonds is 8. The van der Waals surface area contributed by atoms with Gasteiger partial charge in [-0.1, -0.05) is 6.07 Å². The van der Waals surface area contributed by atoms with Gasteiger partial charge in [0, 0.05) is 27.8 Å². The minimum Gasteiger partial charge on any atom is -0.489 e. The van der Waals surface area contributed by atoms with Crippen molar-refractivity contribution >= 4 is 22.7 Å². The van der Waals surface area contributed by atoms with Crippen molar-refractivity contribution in [3.63, 3.8) is 0 Å². The Labute approximate surface area is 251 Å². The molecule has 2 aromatic heterocycles. The molecule has 236 valence electrons. The van der Waals surface area contributed by atoms with Crippen LogP contribution in [0.2, 0.25) is 0 Å². The van der Waals surface area contributed by atoms with Crippen LogP contribution in [0.5, 0.6) is 11.5 Å². The SMILES string of the molecule is Cc1ccc2cc(C(=O)NCC(O)(c3cc4c(c(-c5ccc(F)cc5)n3)OC[C@]4(C)C(N)=O)C(F)(F)F)cc(OC(F)F)c2n1. The van der Waals surface area contributed by atoms with E-state index in [1.54, 1.807) is 6.92 Å². The maximum Gasteiger partial charge on any atom is 0.424 e. The number of amides is 2. The maximum atomic E-state index is 14.7. The number of ether oxygens (including phenoxy) is 2. The normalized spacial score (nSPS) is 17.5. The number of fused-ring (bicyclic) bond motifs is 2. The first-order chi connectivity index (χ1) is 21.0. The summed E-state index contributed by atoms with van der Waals surface area (Å²) in [5.41, 5.74) is -1.12. The molecule has 4 aromatic rings. The van der Waals surface area contributed by atoms with E-state index in [1.807, 2.05) is 5.32 Å². The van der Waals surface area contributed by atoms with E-state index in [1.165, 1.54) is 37.3 Å². The molecule has 2 amide bonds. The first-order valence-electron chi connectivity index (χ1n) is 13.2. The van der Waals surface area contributed by atoms with E-state index in [2.05, 4.69) is 14.7 Å². The molecule has 0 saturated carbocycles. The number of aryl methyl sites for hydroxylation is 1. The van der Waals surface area contributed by atoms with Crippen LogP contribution in [0.1, 0.15) is 34.2 Å². The van der Waals surface area contributed by atoms with E-state index < -0.39 is 59.4 Å². The average molecular weight is 635 g/mol. The van der Waals surface area contributed by atoms with Crippen LogP contribution in [0, 0.1) is 12.7 Å². The molecule has 2 atom stereocenters. The molecule has 15 heteroatoms. The van der Waals surface area contributed by atoms with Gasteiger partial charge in [-0.05, 0) is 62.4 Å². The van der Waals surface area contributed by atoms with Crippen LogP contribution >= 0.6 is 0 Å². The number of aliphatic hydroxyl groups is 1. The van der Waals surface area contributed by atoms with Gasteiger partial charge < -0.3 is 25.6 Å². The van der Waals surface area contributed by atoms with E-state index in [0.717, 1.165) is 24.3 Å². The zero-order valence-electron chi connectivity index (χ0n) is 23.5. The first kappa shape index (κ1) is 31.5. The number of nitrogens with zero attached hydrogens (tertiary/aromatic N) is 2. The Balaban J connectivity index is 1.58. The van der Waals surface area contributed by atoms with Crippen molar-refractivity contribution in [3.05, 3.63) is 82.9 Å². The van der Waals surface area contributed by atoms with Crippen molar-refractivity contribution in [2.75, 3.05) is 13.2 Å². The van der Waals surface area contributed by atoms with Gasteiger partial charge >= 0.3 is 12.8 Å². The van der Waals surface area contributed by atoms with Crippen LogP contribution in [-0.4, -0.2) is 52.8 Å². The van der Waals surface area contributed by atoms with E-state index in [-0.39, 0.29) is 45.6 Å². The van der Waals surface area contributed by atoms with Gasteiger partial charge in [-0.3, -0.25) is 9.59 Å². The van der Waals surface area contributed by atoms with Gasteiger partial charge in [-0.25, -0.2) is 14.4 Å². The molecule has 0 radical (unpaired) electrons. The topological polar surface area (TPSA) is 137 Å². The van der Waals surface area contributed by atoms with Gasteiger partial charge in [0.15, 0.2) is 5.75 Å². The van der Waals surface area contributed by atoms with Gasteiger partial charge in [-0.2, -0.15) is 22.0 Å². The van der Waals surface area contributed by atoms with Crippen molar-refractivity contribution in [1.29, 1.82) is 0 Å². The van der Waals surface area contributed by atoms with Crippen LogP contribution in [0.3, 0.4) is 0 Å². The Hall–Kier alpha value is -4.92. The number of primary amides is 1. The fraction of sp³-hybridized carbons (Fsp3) is 0.267. The molecular weight excluding hydrogens is 610 g/mol. The summed E-state index contributed by atoms with van der Waals surface area (Å²) < 4.78 is 94.0. The molecule has 9 nitrogen and oxygen atoms in total. The largest absolute Gasteiger partial charge is 0.489 e. The molecule has 0 bridgehead atoms. The molecule has 0 saturated heterocycles. The highest BCUT2D eigenvalue weighted by Gasteiger charge is 2.57. The second-order valence-corrected chi connectivity index (χ2v) is 10.6. The van der Waals surface area contributed by atoms with Crippen molar-refractivity contribution in [1.82, 2.24) is 15.3 Å². The van der Waals surface area contributed by atoms with Gasteiger partial charge in [0.25, 0.3) is 5.91 Å². The summed E-state index contributed by atoms with van der Waals surface area (Å²) in [5, 5.41) is 13.4. The minimum atomic E-state index is -5.46. The third-order valence-corrected chi connectivity index (χ3v) is 7.51. The van der Waals surface area contributed by atoms with Crippen molar-refractivity contribution < 1.29 is 50.5 Å². The number of benzene rings is 2. The number of halogens is 6. The molecule has 0 aliphatic carbocycles. The number of aromatic nitrogens is 2. The fourth-order valence-electron chi connectivity index (χ4n) is 4.87. The summed E-state index contributed by atoms with van der Waals surface area (Å²) in [6, 6.07) is 10.4. The van der Waals surface area contributed by atoms with E-state index in [9.17, 15) is 41.0 Å². The predicted octanol–water partition coefficient (Wildman–Crippen LogP) is 4.66. The third-order valence-electron chi connectivity index (χ3n) is 7.51. The average Bonchev–Trinajstić information content (AvgIpc) is 3.32. The number of carbonyl (C=O) groups is 2. The number of hydrogen-bond acceptors (Lipinski definition) is 7. The van der Waals surface area contributed by atoms with Crippen molar-refractivity contribution in [2.24, 2.45) is 5.73 Å². The van der Waals surface area contributed by atoms with Crippen LogP contribution in [-0.2, 0) is 15.8 Å². The highest BCUT2D eigenvalue weighted by atomic mass is 19.4. The predicted molar refractivity (Wildman–Crippen MR) is 147 cm³/mol. The number of alkyl halides is 5. The minimum absolute atomic E-state index is 0.00553.